The summed E-state index contributed by atoms with van der Waals surface area (Å²) in [6, 6.07) is 13.0. The maximum atomic E-state index is 12.5. The molecule has 0 saturated carbocycles. The number of rotatable bonds is 3. The number of aliphatic hydroxyl groups excluding tert-OH is 1. The molecule has 2 heterocycles. The van der Waals surface area contributed by atoms with Gasteiger partial charge in [0.05, 0.1) is 17.6 Å². The van der Waals surface area contributed by atoms with Gasteiger partial charge in [-0.1, -0.05) is 24.3 Å². The van der Waals surface area contributed by atoms with E-state index in [2.05, 4.69) is 0 Å². The first kappa shape index (κ1) is 15.2. The third-order valence-corrected chi connectivity index (χ3v) is 3.92. The van der Waals surface area contributed by atoms with E-state index < -0.39 is 23.5 Å². The molecule has 0 aliphatic rings. The molecule has 0 fully saturated rings. The van der Waals surface area contributed by atoms with E-state index in [1.807, 2.05) is 0 Å². The van der Waals surface area contributed by atoms with Crippen LogP contribution in [0.4, 0.5) is 0 Å². The first-order valence-corrected chi connectivity index (χ1v) is 7.47. The molecule has 0 spiro atoms. The second-order valence-electron chi connectivity index (χ2n) is 5.47. The molecule has 0 aliphatic heterocycles. The third kappa shape index (κ3) is 2.39. The van der Waals surface area contributed by atoms with E-state index in [1.54, 1.807) is 42.5 Å². The summed E-state index contributed by atoms with van der Waals surface area (Å²) in [5.74, 6) is -2.47. The van der Waals surface area contributed by atoms with Crippen LogP contribution in [0.25, 0.3) is 22.2 Å². The molecule has 25 heavy (non-hydrogen) atoms. The summed E-state index contributed by atoms with van der Waals surface area (Å²) in [7, 11) is 0. The normalized spacial score (nSPS) is 12.7. The van der Waals surface area contributed by atoms with Crippen molar-refractivity contribution in [3.8, 4) is 0 Å². The predicted octanol–water partition coefficient (Wildman–Crippen LogP) is 1.20. The second kappa shape index (κ2) is 5.60. The standard InChI is InChI=1S/C17H12N2O6/c20-12(9-18-10-5-1-3-7-13(10)24-16(18)22)15(21)19-11-6-2-4-8-14(11)25-17(19)23/h1-8,12,20H,9H2. The fourth-order valence-corrected chi connectivity index (χ4v) is 2.76. The van der Waals surface area contributed by atoms with Gasteiger partial charge in [-0.25, -0.2) is 14.2 Å². The number of hydrogen-bond donors (Lipinski definition) is 1. The van der Waals surface area contributed by atoms with Crippen molar-refractivity contribution in [2.24, 2.45) is 0 Å². The highest BCUT2D eigenvalue weighted by molar-refractivity contribution is 5.91. The Balaban J connectivity index is 1.73. The number of carbonyl (C=O) groups excluding carboxylic acids is 1. The summed E-state index contributed by atoms with van der Waals surface area (Å²) in [6.07, 6.45) is -1.63. The first-order valence-electron chi connectivity index (χ1n) is 7.47. The van der Waals surface area contributed by atoms with Gasteiger partial charge in [0.15, 0.2) is 17.3 Å². The van der Waals surface area contributed by atoms with Gasteiger partial charge in [0.2, 0.25) is 0 Å². The fourth-order valence-electron chi connectivity index (χ4n) is 2.76. The van der Waals surface area contributed by atoms with Crippen molar-refractivity contribution in [3.63, 3.8) is 0 Å². The number of hydrogen-bond acceptors (Lipinski definition) is 6. The van der Waals surface area contributed by atoms with Gasteiger partial charge >= 0.3 is 11.5 Å². The minimum atomic E-state index is -1.63. The second-order valence-corrected chi connectivity index (χ2v) is 5.47. The molecule has 0 radical (unpaired) electrons. The Morgan fingerprint density at radius 2 is 1.48 bits per heavy atom. The highest BCUT2D eigenvalue weighted by Crippen LogP contribution is 2.15. The maximum Gasteiger partial charge on any atom is 0.426 e. The minimum Gasteiger partial charge on any atom is -0.408 e. The molecule has 2 aromatic heterocycles. The lowest BCUT2D eigenvalue weighted by molar-refractivity contribution is 0.0614. The smallest absolute Gasteiger partial charge is 0.408 e. The van der Waals surface area contributed by atoms with Crippen molar-refractivity contribution in [2.45, 2.75) is 12.6 Å². The SMILES string of the molecule is O=C(C(O)Cn1c(=O)oc2ccccc21)n1c(=O)oc2ccccc21. The van der Waals surface area contributed by atoms with Crippen molar-refractivity contribution >= 4 is 28.1 Å². The van der Waals surface area contributed by atoms with Gasteiger partial charge in [0.1, 0.15) is 0 Å². The van der Waals surface area contributed by atoms with E-state index in [0.717, 1.165) is 9.13 Å². The summed E-state index contributed by atoms with van der Waals surface area (Å²) in [4.78, 5) is 36.4. The molecule has 0 aliphatic carbocycles. The minimum absolute atomic E-state index is 0.235. The van der Waals surface area contributed by atoms with Crippen molar-refractivity contribution in [3.05, 3.63) is 69.6 Å². The summed E-state index contributed by atoms with van der Waals surface area (Å²) in [5, 5.41) is 10.3. The number of para-hydroxylation sites is 4. The Labute approximate surface area is 139 Å². The number of oxazole rings is 2. The van der Waals surface area contributed by atoms with Crippen molar-refractivity contribution in [1.29, 1.82) is 0 Å². The van der Waals surface area contributed by atoms with Gasteiger partial charge < -0.3 is 13.9 Å². The fraction of sp³-hybridized carbons (Fsp3) is 0.118. The average Bonchev–Trinajstić information content (AvgIpc) is 3.10. The summed E-state index contributed by atoms with van der Waals surface area (Å²) in [6.45, 7) is -0.347. The zero-order valence-electron chi connectivity index (χ0n) is 12.8. The summed E-state index contributed by atoms with van der Waals surface area (Å²) >= 11 is 0. The molecular formula is C17H12N2O6. The van der Waals surface area contributed by atoms with E-state index in [4.69, 9.17) is 8.83 Å². The zero-order chi connectivity index (χ0) is 17.6. The lowest BCUT2D eigenvalue weighted by Gasteiger charge is -2.10. The van der Waals surface area contributed by atoms with E-state index in [-0.39, 0.29) is 17.6 Å². The number of aromatic nitrogens is 2. The van der Waals surface area contributed by atoms with E-state index in [9.17, 15) is 19.5 Å². The van der Waals surface area contributed by atoms with E-state index >= 15 is 0 Å². The molecule has 1 N–H and O–H groups in total. The molecule has 1 atom stereocenters. The van der Waals surface area contributed by atoms with Gasteiger partial charge in [0, 0.05) is 0 Å². The molecular weight excluding hydrogens is 328 g/mol. The number of aliphatic hydroxyl groups is 1. The Morgan fingerprint density at radius 1 is 0.920 bits per heavy atom. The molecule has 126 valence electrons. The van der Waals surface area contributed by atoms with Crippen LogP contribution in [0.3, 0.4) is 0 Å². The maximum absolute atomic E-state index is 12.5. The molecule has 4 aromatic rings. The van der Waals surface area contributed by atoms with Gasteiger partial charge in [-0.2, -0.15) is 0 Å². The first-order chi connectivity index (χ1) is 12.1. The van der Waals surface area contributed by atoms with E-state index in [1.165, 1.54) is 6.07 Å². The summed E-state index contributed by atoms with van der Waals surface area (Å²) < 4.78 is 12.0. The molecule has 0 amide bonds. The lowest BCUT2D eigenvalue weighted by Crippen LogP contribution is -2.37. The highest BCUT2D eigenvalue weighted by Gasteiger charge is 2.25. The quantitative estimate of drug-likeness (QED) is 0.600. The number of benzene rings is 2. The van der Waals surface area contributed by atoms with Crippen molar-refractivity contribution in [2.75, 3.05) is 0 Å². The molecule has 1 unspecified atom stereocenters. The number of carbonyl (C=O) groups is 1. The van der Waals surface area contributed by atoms with Gasteiger partial charge in [0.25, 0.3) is 5.91 Å². The van der Waals surface area contributed by atoms with Gasteiger partial charge in [-0.3, -0.25) is 9.36 Å². The Hall–Kier alpha value is -3.39. The van der Waals surface area contributed by atoms with Crippen molar-refractivity contribution in [1.82, 2.24) is 9.13 Å². The van der Waals surface area contributed by atoms with Crippen LogP contribution >= 0.6 is 0 Å². The topological polar surface area (TPSA) is 108 Å². The van der Waals surface area contributed by atoms with Crippen LogP contribution in [-0.2, 0) is 6.54 Å². The predicted molar refractivity (Wildman–Crippen MR) is 87.6 cm³/mol. The number of nitrogens with zero attached hydrogens (tertiary/aromatic N) is 2. The van der Waals surface area contributed by atoms with E-state index in [0.29, 0.717) is 11.1 Å². The van der Waals surface area contributed by atoms with Crippen LogP contribution in [-0.4, -0.2) is 26.3 Å². The van der Waals surface area contributed by atoms with Crippen LogP contribution in [0.1, 0.15) is 4.79 Å². The van der Waals surface area contributed by atoms with Crippen molar-refractivity contribution < 1.29 is 18.7 Å². The van der Waals surface area contributed by atoms with Crippen LogP contribution in [0.5, 0.6) is 0 Å². The molecule has 4 rings (SSSR count). The van der Waals surface area contributed by atoms with Crippen LogP contribution in [0, 0.1) is 0 Å². The average molecular weight is 340 g/mol. The van der Waals surface area contributed by atoms with Gasteiger partial charge in [-0.15, -0.1) is 0 Å². The molecule has 0 saturated heterocycles. The lowest BCUT2D eigenvalue weighted by atomic mass is 10.2. The molecule has 0 bridgehead atoms. The highest BCUT2D eigenvalue weighted by atomic mass is 16.4. The molecule has 8 nitrogen and oxygen atoms in total. The number of fused-ring (bicyclic) bond motifs is 2. The zero-order valence-corrected chi connectivity index (χ0v) is 12.8. The van der Waals surface area contributed by atoms with Crippen LogP contribution in [0.2, 0.25) is 0 Å². The Bertz CT molecular complexity index is 1210. The largest absolute Gasteiger partial charge is 0.426 e. The Morgan fingerprint density at radius 3 is 2.20 bits per heavy atom. The van der Waals surface area contributed by atoms with Gasteiger partial charge in [-0.05, 0) is 24.3 Å². The third-order valence-electron chi connectivity index (χ3n) is 3.92. The van der Waals surface area contributed by atoms with Crippen LogP contribution < -0.4 is 11.5 Å². The molecule has 2 aromatic carbocycles. The Kier molecular flexibility index (Phi) is 3.40. The molecule has 8 heteroatoms. The summed E-state index contributed by atoms with van der Waals surface area (Å²) in [5.41, 5.74) is 1.28. The van der Waals surface area contributed by atoms with Crippen LogP contribution in [0.15, 0.2) is 67.0 Å². The monoisotopic (exact) mass is 340 g/mol.